The Labute approximate surface area is 304 Å². The second-order valence-corrected chi connectivity index (χ2v) is 17.7. The van der Waals surface area contributed by atoms with Gasteiger partial charge in [-0.2, -0.15) is 0 Å². The average molecular weight is 725 g/mol. The molecule has 4 rings (SSSR count). The number of carbonyl (C=O) groups is 3. The van der Waals surface area contributed by atoms with Crippen molar-refractivity contribution >= 4 is 27.6 Å². The Morgan fingerprint density at radius 2 is 1.37 bits per heavy atom. The lowest BCUT2D eigenvalue weighted by atomic mass is 9.93. The Morgan fingerprint density at radius 3 is 2.02 bits per heavy atom. The van der Waals surface area contributed by atoms with Crippen molar-refractivity contribution in [3.8, 4) is 0 Å². The summed E-state index contributed by atoms with van der Waals surface area (Å²) in [4.78, 5) is 37.9. The molecule has 3 atom stereocenters. The standard InChI is InChI=1S/C40H56N2O8S/c1-29-12-18-32(19-13-29)51(46,47)23-20-36(43)30-14-16-31(17-15-30)37(44)42-25-39(2,3)26-49-28-40(4,5)27-48-22-21-41-38(45)50-24-35-33-10-8-6-7-9-11-34(33)35/h6-7,12-19,33-35H,8-11,20-28H2,1-5H3,(H,41,45)(H,42,44)/b7-6-/t33-,34+,35?. The fraction of sp³-hybridized carbons (Fsp3) is 0.575. The van der Waals surface area contributed by atoms with Gasteiger partial charge in [-0.25, -0.2) is 13.2 Å². The van der Waals surface area contributed by atoms with Gasteiger partial charge in [0.05, 0.1) is 43.7 Å². The van der Waals surface area contributed by atoms with E-state index < -0.39 is 9.84 Å². The molecule has 11 heteroatoms. The lowest BCUT2D eigenvalue weighted by Gasteiger charge is -2.29. The summed E-state index contributed by atoms with van der Waals surface area (Å²) >= 11 is 0. The van der Waals surface area contributed by atoms with Crippen LogP contribution in [0, 0.1) is 35.5 Å². The number of hydrogen-bond donors (Lipinski definition) is 2. The number of amides is 2. The topological polar surface area (TPSA) is 137 Å². The van der Waals surface area contributed by atoms with Gasteiger partial charge in [-0.05, 0) is 74.6 Å². The smallest absolute Gasteiger partial charge is 0.407 e. The number of alkyl carbamates (subject to hydrolysis) is 1. The van der Waals surface area contributed by atoms with E-state index in [1.54, 1.807) is 48.5 Å². The van der Waals surface area contributed by atoms with Gasteiger partial charge in [0.25, 0.3) is 5.91 Å². The van der Waals surface area contributed by atoms with E-state index in [1.165, 1.54) is 12.8 Å². The number of rotatable bonds is 19. The largest absolute Gasteiger partial charge is 0.449 e. The first-order valence-electron chi connectivity index (χ1n) is 18.1. The van der Waals surface area contributed by atoms with Crippen molar-refractivity contribution in [1.82, 2.24) is 10.6 Å². The van der Waals surface area contributed by atoms with E-state index in [4.69, 9.17) is 14.2 Å². The van der Waals surface area contributed by atoms with E-state index in [2.05, 4.69) is 36.6 Å². The van der Waals surface area contributed by atoms with Gasteiger partial charge in [-0.3, -0.25) is 9.59 Å². The zero-order valence-corrected chi connectivity index (χ0v) is 31.7. The van der Waals surface area contributed by atoms with Crippen molar-refractivity contribution in [3.05, 3.63) is 77.4 Å². The third-order valence-electron chi connectivity index (χ3n) is 9.58. The van der Waals surface area contributed by atoms with E-state index in [9.17, 15) is 22.8 Å². The maximum Gasteiger partial charge on any atom is 0.407 e. The number of ketones is 1. The molecule has 2 aliphatic rings. The quantitative estimate of drug-likeness (QED) is 0.0943. The Hall–Kier alpha value is -3.54. The van der Waals surface area contributed by atoms with Crippen LogP contribution in [0.5, 0.6) is 0 Å². The van der Waals surface area contributed by atoms with E-state index in [1.807, 2.05) is 20.8 Å². The Kier molecular flexibility index (Phi) is 14.4. The summed E-state index contributed by atoms with van der Waals surface area (Å²) in [6.45, 7) is 13.0. The molecule has 2 aromatic carbocycles. The highest BCUT2D eigenvalue weighted by Gasteiger charge is 2.49. The molecule has 2 N–H and O–H groups in total. The SMILES string of the molecule is Cc1ccc(S(=O)(=O)CCC(=O)c2ccc(C(=O)NCC(C)(C)COCC(C)(C)COCCNC(=O)OCC3[C@H]4CC/C=C\CC[C@@H]34)cc2)cc1. The van der Waals surface area contributed by atoms with Crippen LogP contribution in [-0.4, -0.2) is 78.1 Å². The lowest BCUT2D eigenvalue weighted by Crippen LogP contribution is -2.38. The average Bonchev–Trinajstić information content (AvgIpc) is 3.73. The van der Waals surface area contributed by atoms with Gasteiger partial charge >= 0.3 is 6.09 Å². The van der Waals surface area contributed by atoms with Crippen molar-refractivity contribution in [2.24, 2.45) is 28.6 Å². The number of hydrogen-bond acceptors (Lipinski definition) is 8. The number of sulfone groups is 1. The highest BCUT2D eigenvalue weighted by Crippen LogP contribution is 2.52. The minimum atomic E-state index is -3.57. The molecular weight excluding hydrogens is 669 g/mol. The molecule has 0 aliphatic heterocycles. The second-order valence-electron chi connectivity index (χ2n) is 15.6. The fourth-order valence-electron chi connectivity index (χ4n) is 6.40. The normalized spacial score (nSPS) is 19.6. The summed E-state index contributed by atoms with van der Waals surface area (Å²) in [5.74, 6) is 1.04. The lowest BCUT2D eigenvalue weighted by molar-refractivity contribution is -0.0240. The van der Waals surface area contributed by atoms with Gasteiger partial charge < -0.3 is 24.8 Å². The number of nitrogens with one attached hydrogen (secondary N) is 2. The predicted octanol–water partition coefficient (Wildman–Crippen LogP) is 6.58. The molecule has 0 heterocycles. The summed E-state index contributed by atoms with van der Waals surface area (Å²) in [5, 5.41) is 5.72. The van der Waals surface area contributed by atoms with Crippen molar-refractivity contribution < 1.29 is 37.0 Å². The number of allylic oxidation sites excluding steroid dienone is 2. The first-order valence-corrected chi connectivity index (χ1v) is 19.7. The van der Waals surface area contributed by atoms with Crippen LogP contribution < -0.4 is 10.6 Å². The number of carbonyl (C=O) groups excluding carboxylic acids is 3. The third-order valence-corrected chi connectivity index (χ3v) is 11.3. The first kappa shape index (κ1) is 40.2. The Morgan fingerprint density at radius 1 is 0.784 bits per heavy atom. The maximum absolute atomic E-state index is 12.8. The molecule has 1 fully saturated rings. The van der Waals surface area contributed by atoms with Crippen molar-refractivity contribution in [2.75, 3.05) is 51.9 Å². The first-order chi connectivity index (χ1) is 24.2. The van der Waals surface area contributed by atoms with E-state index >= 15 is 0 Å². The molecule has 0 aromatic heterocycles. The van der Waals surface area contributed by atoms with Crippen molar-refractivity contribution in [2.45, 2.75) is 71.6 Å². The van der Waals surface area contributed by atoms with Crippen LogP contribution in [0.25, 0.3) is 0 Å². The second kappa shape index (κ2) is 18.3. The summed E-state index contributed by atoms with van der Waals surface area (Å²) in [6, 6.07) is 12.8. The molecule has 0 radical (unpaired) electrons. The Bertz CT molecular complexity index is 1580. The van der Waals surface area contributed by atoms with Gasteiger partial charge in [-0.1, -0.05) is 69.7 Å². The molecule has 10 nitrogen and oxygen atoms in total. The molecule has 2 aliphatic carbocycles. The molecule has 1 unspecified atom stereocenters. The number of benzene rings is 2. The van der Waals surface area contributed by atoms with Crippen LogP contribution in [-0.2, 0) is 24.0 Å². The third kappa shape index (κ3) is 13.2. The van der Waals surface area contributed by atoms with Crippen molar-refractivity contribution in [3.63, 3.8) is 0 Å². The summed E-state index contributed by atoms with van der Waals surface area (Å²) in [7, 11) is -3.57. The number of fused-ring (bicyclic) bond motifs is 1. The summed E-state index contributed by atoms with van der Waals surface area (Å²) < 4.78 is 42.5. The Balaban J connectivity index is 1.07. The number of aryl methyl sites for hydroxylation is 1. The molecule has 1 saturated carbocycles. The molecule has 280 valence electrons. The van der Waals surface area contributed by atoms with Crippen LogP contribution in [0.3, 0.4) is 0 Å². The number of Topliss-reactive ketones (excluding diaryl/α,β-unsaturated/α-hetero) is 1. The van der Waals surface area contributed by atoms with Crippen LogP contribution >= 0.6 is 0 Å². The molecule has 0 bridgehead atoms. The minimum absolute atomic E-state index is 0.147. The van der Waals surface area contributed by atoms with E-state index in [0.29, 0.717) is 75.0 Å². The van der Waals surface area contributed by atoms with Crippen LogP contribution in [0.2, 0.25) is 0 Å². The summed E-state index contributed by atoms with van der Waals surface area (Å²) in [5.41, 5.74) is 1.12. The maximum atomic E-state index is 12.8. The van der Waals surface area contributed by atoms with E-state index in [0.717, 1.165) is 18.4 Å². The monoisotopic (exact) mass is 724 g/mol. The van der Waals surface area contributed by atoms with Crippen LogP contribution in [0.4, 0.5) is 4.79 Å². The zero-order valence-electron chi connectivity index (χ0n) is 30.9. The minimum Gasteiger partial charge on any atom is -0.449 e. The highest BCUT2D eigenvalue weighted by atomic mass is 32.2. The molecule has 2 aromatic rings. The zero-order chi connectivity index (χ0) is 37.1. The number of ether oxygens (including phenoxy) is 3. The van der Waals surface area contributed by atoms with Crippen molar-refractivity contribution in [1.29, 1.82) is 0 Å². The van der Waals surface area contributed by atoms with Gasteiger partial charge in [0.2, 0.25) is 0 Å². The van der Waals surface area contributed by atoms with Gasteiger partial charge in [0.15, 0.2) is 15.6 Å². The van der Waals surface area contributed by atoms with Crippen LogP contribution in [0.1, 0.15) is 86.1 Å². The predicted molar refractivity (Wildman–Crippen MR) is 198 cm³/mol. The molecule has 2 amide bonds. The molecule has 0 saturated heterocycles. The van der Waals surface area contributed by atoms with Gasteiger partial charge in [0.1, 0.15) is 0 Å². The molecule has 0 spiro atoms. The fourth-order valence-corrected chi connectivity index (χ4v) is 7.64. The van der Waals surface area contributed by atoms with E-state index in [-0.39, 0.29) is 45.7 Å². The van der Waals surface area contributed by atoms with Crippen LogP contribution in [0.15, 0.2) is 65.6 Å². The summed E-state index contributed by atoms with van der Waals surface area (Å²) in [6.07, 6.45) is 8.62. The molecule has 51 heavy (non-hydrogen) atoms. The highest BCUT2D eigenvalue weighted by molar-refractivity contribution is 7.91. The van der Waals surface area contributed by atoms with Gasteiger partial charge in [0, 0.05) is 41.5 Å². The van der Waals surface area contributed by atoms with Gasteiger partial charge in [-0.15, -0.1) is 0 Å². The molecular formula is C40H56N2O8S.